The Morgan fingerprint density at radius 3 is 2.48 bits per heavy atom. The van der Waals surface area contributed by atoms with Crippen molar-refractivity contribution >= 4 is 23.0 Å². The van der Waals surface area contributed by atoms with Crippen molar-refractivity contribution in [1.82, 2.24) is 4.98 Å². The van der Waals surface area contributed by atoms with Crippen molar-refractivity contribution in [3.63, 3.8) is 0 Å². The van der Waals surface area contributed by atoms with Crippen LogP contribution in [0.25, 0.3) is 0 Å². The van der Waals surface area contributed by atoms with Crippen LogP contribution in [0.1, 0.15) is 35.7 Å². The molecule has 6 heteroatoms. The summed E-state index contributed by atoms with van der Waals surface area (Å²) >= 11 is 0. The third-order valence-corrected chi connectivity index (χ3v) is 4.52. The average molecular weight is 391 g/mol. The molecule has 0 saturated carbocycles. The highest BCUT2D eigenvalue weighted by Gasteiger charge is 2.12. The van der Waals surface area contributed by atoms with E-state index in [2.05, 4.69) is 29.5 Å². The summed E-state index contributed by atoms with van der Waals surface area (Å²) in [4.78, 5) is 17.0. The van der Waals surface area contributed by atoms with Gasteiger partial charge in [-0.15, -0.1) is 0 Å². The number of amides is 1. The molecule has 6 nitrogen and oxygen atoms in total. The standard InChI is InChI=1S/C23H25N3O3/c1-15(2)19-7-5-6-8-20(19)26-23(27)16-11-17(14-24-13-16)25-21-10-9-18(28-3)12-22(21)29-4/h5-15,25H,1-4H3,(H,26,27). The molecule has 0 aliphatic carbocycles. The van der Waals surface area contributed by atoms with E-state index in [-0.39, 0.29) is 5.91 Å². The fourth-order valence-electron chi connectivity index (χ4n) is 3.00. The third-order valence-electron chi connectivity index (χ3n) is 4.52. The molecule has 0 aliphatic rings. The maximum atomic E-state index is 12.8. The molecule has 2 aromatic carbocycles. The number of rotatable bonds is 7. The van der Waals surface area contributed by atoms with E-state index in [0.717, 1.165) is 16.9 Å². The van der Waals surface area contributed by atoms with Crippen molar-refractivity contribution in [3.05, 3.63) is 72.1 Å². The quantitative estimate of drug-likeness (QED) is 0.578. The van der Waals surface area contributed by atoms with Gasteiger partial charge in [-0.3, -0.25) is 9.78 Å². The number of hydrogen-bond donors (Lipinski definition) is 2. The van der Waals surface area contributed by atoms with Crippen LogP contribution in [0.3, 0.4) is 0 Å². The van der Waals surface area contributed by atoms with Gasteiger partial charge in [0.1, 0.15) is 11.5 Å². The first-order chi connectivity index (χ1) is 14.0. The maximum absolute atomic E-state index is 12.8. The van der Waals surface area contributed by atoms with Crippen molar-refractivity contribution in [2.24, 2.45) is 0 Å². The largest absolute Gasteiger partial charge is 0.497 e. The molecule has 1 heterocycles. The first-order valence-corrected chi connectivity index (χ1v) is 9.36. The lowest BCUT2D eigenvalue weighted by atomic mass is 10.0. The van der Waals surface area contributed by atoms with E-state index < -0.39 is 0 Å². The second-order valence-corrected chi connectivity index (χ2v) is 6.85. The predicted octanol–water partition coefficient (Wildman–Crippen LogP) is 5.22. The number of para-hydroxylation sites is 1. The number of benzene rings is 2. The molecule has 29 heavy (non-hydrogen) atoms. The van der Waals surface area contributed by atoms with Crippen LogP contribution in [0, 0.1) is 0 Å². The lowest BCUT2D eigenvalue weighted by Crippen LogP contribution is -2.14. The van der Waals surface area contributed by atoms with Gasteiger partial charge < -0.3 is 20.1 Å². The van der Waals surface area contributed by atoms with Gasteiger partial charge in [0.05, 0.1) is 37.4 Å². The van der Waals surface area contributed by atoms with Crippen LogP contribution in [0.15, 0.2) is 60.9 Å². The predicted molar refractivity (Wildman–Crippen MR) is 116 cm³/mol. The molecule has 0 fully saturated rings. The fourth-order valence-corrected chi connectivity index (χ4v) is 3.00. The van der Waals surface area contributed by atoms with Crippen LogP contribution >= 0.6 is 0 Å². The Kier molecular flexibility index (Phi) is 6.34. The summed E-state index contributed by atoms with van der Waals surface area (Å²) in [5.74, 6) is 1.42. The highest BCUT2D eigenvalue weighted by Crippen LogP contribution is 2.31. The molecular weight excluding hydrogens is 366 g/mol. The summed E-state index contributed by atoms with van der Waals surface area (Å²) in [6.45, 7) is 4.19. The summed E-state index contributed by atoms with van der Waals surface area (Å²) in [5.41, 5.74) is 3.78. The van der Waals surface area contributed by atoms with E-state index in [9.17, 15) is 4.79 Å². The Balaban J connectivity index is 1.80. The van der Waals surface area contributed by atoms with Crippen LogP contribution < -0.4 is 20.1 Å². The Bertz CT molecular complexity index is 1000. The van der Waals surface area contributed by atoms with E-state index in [0.29, 0.717) is 28.7 Å². The molecule has 0 spiro atoms. The molecule has 0 unspecified atom stereocenters. The molecule has 1 aromatic heterocycles. The Labute approximate surface area is 170 Å². The molecule has 1 amide bonds. The zero-order chi connectivity index (χ0) is 20.8. The Hall–Kier alpha value is -3.54. The molecule has 3 aromatic rings. The normalized spacial score (nSPS) is 10.5. The van der Waals surface area contributed by atoms with Crippen LogP contribution in [-0.4, -0.2) is 25.1 Å². The van der Waals surface area contributed by atoms with E-state index in [1.807, 2.05) is 36.4 Å². The highest BCUT2D eigenvalue weighted by molar-refractivity contribution is 6.05. The number of ether oxygens (including phenoxy) is 2. The number of carbonyl (C=O) groups excluding carboxylic acids is 1. The zero-order valence-corrected chi connectivity index (χ0v) is 17.0. The Morgan fingerprint density at radius 1 is 0.966 bits per heavy atom. The minimum absolute atomic E-state index is 0.212. The van der Waals surface area contributed by atoms with Crippen LogP contribution in [0.5, 0.6) is 11.5 Å². The van der Waals surface area contributed by atoms with Gasteiger partial charge in [-0.2, -0.15) is 0 Å². The molecular formula is C23H25N3O3. The first kappa shape index (κ1) is 20.2. The summed E-state index contributed by atoms with van der Waals surface area (Å²) in [7, 11) is 3.19. The highest BCUT2D eigenvalue weighted by atomic mass is 16.5. The SMILES string of the molecule is COc1ccc(Nc2cncc(C(=O)Nc3ccccc3C(C)C)c2)c(OC)c1. The van der Waals surface area contributed by atoms with Crippen molar-refractivity contribution < 1.29 is 14.3 Å². The van der Waals surface area contributed by atoms with Crippen molar-refractivity contribution in [3.8, 4) is 11.5 Å². The molecule has 0 aliphatic heterocycles. The molecule has 0 saturated heterocycles. The van der Waals surface area contributed by atoms with Crippen molar-refractivity contribution in [1.29, 1.82) is 0 Å². The molecule has 0 radical (unpaired) electrons. The van der Waals surface area contributed by atoms with Gasteiger partial charge in [-0.05, 0) is 35.7 Å². The Morgan fingerprint density at radius 2 is 1.76 bits per heavy atom. The van der Waals surface area contributed by atoms with Gasteiger partial charge in [0.2, 0.25) is 0 Å². The summed E-state index contributed by atoms with van der Waals surface area (Å²) in [5, 5.41) is 6.23. The number of nitrogens with zero attached hydrogens (tertiary/aromatic N) is 1. The fraction of sp³-hybridized carbons (Fsp3) is 0.217. The monoisotopic (exact) mass is 391 g/mol. The van der Waals surface area contributed by atoms with E-state index in [1.165, 1.54) is 0 Å². The zero-order valence-electron chi connectivity index (χ0n) is 17.0. The maximum Gasteiger partial charge on any atom is 0.257 e. The minimum atomic E-state index is -0.212. The van der Waals surface area contributed by atoms with Gasteiger partial charge >= 0.3 is 0 Å². The first-order valence-electron chi connectivity index (χ1n) is 9.36. The van der Waals surface area contributed by atoms with Gasteiger partial charge in [0.25, 0.3) is 5.91 Å². The van der Waals surface area contributed by atoms with Gasteiger partial charge in [-0.25, -0.2) is 0 Å². The number of nitrogens with one attached hydrogen (secondary N) is 2. The van der Waals surface area contributed by atoms with Gasteiger partial charge in [0, 0.05) is 18.0 Å². The number of pyridine rings is 1. The van der Waals surface area contributed by atoms with E-state index in [1.54, 1.807) is 38.7 Å². The van der Waals surface area contributed by atoms with E-state index in [4.69, 9.17) is 9.47 Å². The van der Waals surface area contributed by atoms with Gasteiger partial charge in [-0.1, -0.05) is 32.0 Å². The number of aromatic nitrogens is 1. The molecule has 3 rings (SSSR count). The second-order valence-electron chi connectivity index (χ2n) is 6.85. The molecule has 0 atom stereocenters. The van der Waals surface area contributed by atoms with Crippen molar-refractivity contribution in [2.45, 2.75) is 19.8 Å². The number of hydrogen-bond acceptors (Lipinski definition) is 5. The third kappa shape index (κ3) is 4.85. The molecule has 150 valence electrons. The number of carbonyl (C=O) groups is 1. The summed E-state index contributed by atoms with van der Waals surface area (Å²) in [6.07, 6.45) is 3.20. The average Bonchev–Trinajstić information content (AvgIpc) is 2.74. The minimum Gasteiger partial charge on any atom is -0.497 e. The number of anilines is 3. The van der Waals surface area contributed by atoms with Crippen LogP contribution in [-0.2, 0) is 0 Å². The topological polar surface area (TPSA) is 72.5 Å². The van der Waals surface area contributed by atoms with Crippen LogP contribution in [0.2, 0.25) is 0 Å². The smallest absolute Gasteiger partial charge is 0.257 e. The summed E-state index contributed by atoms with van der Waals surface area (Å²) < 4.78 is 10.6. The molecule has 2 N–H and O–H groups in total. The summed E-state index contributed by atoms with van der Waals surface area (Å²) in [6, 6.07) is 15.0. The van der Waals surface area contributed by atoms with Crippen LogP contribution in [0.4, 0.5) is 17.1 Å². The second kappa shape index (κ2) is 9.10. The molecule has 0 bridgehead atoms. The van der Waals surface area contributed by atoms with E-state index >= 15 is 0 Å². The lowest BCUT2D eigenvalue weighted by Gasteiger charge is -2.15. The lowest BCUT2D eigenvalue weighted by molar-refractivity contribution is 0.102. The van der Waals surface area contributed by atoms with Gasteiger partial charge in [0.15, 0.2) is 0 Å². The van der Waals surface area contributed by atoms with Crippen molar-refractivity contribution in [2.75, 3.05) is 24.9 Å². The number of methoxy groups -OCH3 is 2.